The molecule has 0 aromatic carbocycles. The van der Waals surface area contributed by atoms with Gasteiger partial charge in [-0.2, -0.15) is 0 Å². The van der Waals surface area contributed by atoms with Crippen LogP contribution >= 0.6 is 0 Å². The molecule has 3 unspecified atom stereocenters. The molecule has 0 aliphatic carbocycles. The number of rotatable bonds is 18. The topological polar surface area (TPSA) is 111 Å². The van der Waals surface area contributed by atoms with Crippen LogP contribution in [0.15, 0.2) is 0 Å². The van der Waals surface area contributed by atoms with E-state index in [4.69, 9.17) is 20.3 Å². The van der Waals surface area contributed by atoms with E-state index in [1.807, 2.05) is 69.2 Å². The molecule has 7 nitrogen and oxygen atoms in total. The maximum Gasteiger partial charge on any atom is 0.226 e. The van der Waals surface area contributed by atoms with Crippen molar-refractivity contribution in [3.63, 3.8) is 0 Å². The molecular weight excluding hydrogens is 456 g/mol. The average molecular weight is 515 g/mol. The Morgan fingerprint density at radius 3 is 1.81 bits per heavy atom. The second-order valence-electron chi connectivity index (χ2n) is 13.1. The van der Waals surface area contributed by atoms with Crippen LogP contribution in [0.4, 0.5) is 0 Å². The van der Waals surface area contributed by atoms with Gasteiger partial charge in [0.15, 0.2) is 0 Å². The van der Waals surface area contributed by atoms with E-state index in [2.05, 4.69) is 19.2 Å². The molecule has 0 spiro atoms. The lowest BCUT2D eigenvalue weighted by Crippen LogP contribution is -2.57. The number of aliphatic hydroxyl groups excluding tert-OH is 1. The molecular formula is C29H58N2O5. The minimum absolute atomic E-state index is 0.00192. The monoisotopic (exact) mass is 514 g/mol. The predicted molar refractivity (Wildman–Crippen MR) is 148 cm³/mol. The summed E-state index contributed by atoms with van der Waals surface area (Å²) < 4.78 is 12.7. The standard InChI is InChI=1S/C29H58N2O5/c1-13-27(10,21-25(6,7)36-29(12,15-3)26(8,9)22(30)33)23(34)31-28(11,14-2)18-20-35-24(4,5)17-16-19-32/h32H,13-21H2,1-12H3,(H2,30,33)(H,31,34). The van der Waals surface area contributed by atoms with E-state index in [1.54, 1.807) is 0 Å². The number of amides is 2. The van der Waals surface area contributed by atoms with Crippen molar-refractivity contribution in [2.45, 2.75) is 150 Å². The van der Waals surface area contributed by atoms with Gasteiger partial charge in [0.05, 0.1) is 22.2 Å². The number of carbonyl (C=O) groups is 2. The molecule has 0 rings (SSSR count). The van der Waals surface area contributed by atoms with E-state index in [0.717, 1.165) is 12.8 Å². The third kappa shape index (κ3) is 9.60. The first-order chi connectivity index (χ1) is 16.2. The van der Waals surface area contributed by atoms with Crippen molar-refractivity contribution in [1.82, 2.24) is 5.32 Å². The summed E-state index contributed by atoms with van der Waals surface area (Å²) in [6.07, 6.45) is 4.72. The Balaban J connectivity index is 5.54. The maximum atomic E-state index is 13.7. The van der Waals surface area contributed by atoms with Crippen LogP contribution in [0.3, 0.4) is 0 Å². The summed E-state index contributed by atoms with van der Waals surface area (Å²) in [7, 11) is 0. The molecule has 0 radical (unpaired) electrons. The SMILES string of the molecule is CCC(C)(CCOC(C)(C)CCCO)NC(=O)C(C)(CC)CC(C)(C)OC(C)(CC)C(C)(C)C(N)=O. The van der Waals surface area contributed by atoms with Crippen LogP contribution in [0.25, 0.3) is 0 Å². The maximum absolute atomic E-state index is 13.7. The first-order valence-corrected chi connectivity index (χ1v) is 13.8. The second kappa shape index (κ2) is 13.1. The third-order valence-corrected chi connectivity index (χ3v) is 8.54. The van der Waals surface area contributed by atoms with E-state index in [1.165, 1.54) is 0 Å². The van der Waals surface area contributed by atoms with Gasteiger partial charge in [-0.3, -0.25) is 9.59 Å². The summed E-state index contributed by atoms with van der Waals surface area (Å²) in [5.41, 5.74) is 2.04. The summed E-state index contributed by atoms with van der Waals surface area (Å²) in [4.78, 5) is 25.9. The number of nitrogens with one attached hydrogen (secondary N) is 1. The van der Waals surface area contributed by atoms with Gasteiger partial charge in [0.25, 0.3) is 0 Å². The molecule has 4 N–H and O–H groups in total. The summed E-state index contributed by atoms with van der Waals surface area (Å²) in [6, 6.07) is 0. The lowest BCUT2D eigenvalue weighted by molar-refractivity contribution is -0.199. The van der Waals surface area contributed by atoms with E-state index in [-0.39, 0.29) is 18.1 Å². The van der Waals surface area contributed by atoms with Crippen LogP contribution in [0.5, 0.6) is 0 Å². The van der Waals surface area contributed by atoms with Crippen LogP contribution < -0.4 is 11.1 Å². The van der Waals surface area contributed by atoms with Crippen molar-refractivity contribution >= 4 is 11.8 Å². The zero-order valence-electron chi connectivity index (χ0n) is 25.5. The summed E-state index contributed by atoms with van der Waals surface area (Å²) in [5.74, 6) is -0.406. The minimum Gasteiger partial charge on any atom is -0.396 e. The van der Waals surface area contributed by atoms with Crippen LogP contribution in [-0.2, 0) is 19.1 Å². The van der Waals surface area contributed by atoms with E-state index in [0.29, 0.717) is 38.7 Å². The van der Waals surface area contributed by atoms with Crippen molar-refractivity contribution in [3.8, 4) is 0 Å². The van der Waals surface area contributed by atoms with Crippen molar-refractivity contribution in [2.75, 3.05) is 13.2 Å². The quantitative estimate of drug-likeness (QED) is 0.223. The molecule has 0 saturated heterocycles. The number of hydrogen-bond acceptors (Lipinski definition) is 5. The molecule has 36 heavy (non-hydrogen) atoms. The van der Waals surface area contributed by atoms with Gasteiger partial charge in [-0.1, -0.05) is 27.7 Å². The predicted octanol–water partition coefficient (Wildman–Crippen LogP) is 5.51. The molecule has 0 saturated carbocycles. The number of nitrogens with two attached hydrogens (primary N) is 1. The van der Waals surface area contributed by atoms with Gasteiger partial charge in [0.2, 0.25) is 11.8 Å². The number of carbonyl (C=O) groups excluding carboxylic acids is 2. The summed E-state index contributed by atoms with van der Waals surface area (Å²) in [5, 5.41) is 12.4. The molecule has 0 heterocycles. The van der Waals surface area contributed by atoms with Crippen LogP contribution in [-0.4, -0.2) is 52.5 Å². The molecule has 3 atom stereocenters. The van der Waals surface area contributed by atoms with Gasteiger partial charge in [0.1, 0.15) is 0 Å². The molecule has 214 valence electrons. The first kappa shape index (κ1) is 34.8. The van der Waals surface area contributed by atoms with Gasteiger partial charge in [-0.25, -0.2) is 0 Å². The number of aliphatic hydroxyl groups is 1. The fourth-order valence-electron chi connectivity index (χ4n) is 4.74. The smallest absolute Gasteiger partial charge is 0.226 e. The highest BCUT2D eigenvalue weighted by molar-refractivity contribution is 5.83. The van der Waals surface area contributed by atoms with Crippen LogP contribution in [0.2, 0.25) is 0 Å². The van der Waals surface area contributed by atoms with Gasteiger partial charge >= 0.3 is 0 Å². The van der Waals surface area contributed by atoms with Crippen molar-refractivity contribution in [1.29, 1.82) is 0 Å². The molecule has 0 aromatic heterocycles. The van der Waals surface area contributed by atoms with Gasteiger partial charge in [-0.15, -0.1) is 0 Å². The Labute approximate surface area is 221 Å². The molecule has 0 aliphatic rings. The highest BCUT2D eigenvalue weighted by Gasteiger charge is 2.50. The molecule has 0 fully saturated rings. The Morgan fingerprint density at radius 1 is 0.833 bits per heavy atom. The number of ether oxygens (including phenoxy) is 2. The normalized spacial score (nSPS) is 18.1. The third-order valence-electron chi connectivity index (χ3n) is 8.54. The fourth-order valence-corrected chi connectivity index (χ4v) is 4.74. The average Bonchev–Trinajstić information content (AvgIpc) is 2.76. The van der Waals surface area contributed by atoms with Crippen LogP contribution in [0, 0.1) is 10.8 Å². The van der Waals surface area contributed by atoms with Crippen molar-refractivity contribution in [2.24, 2.45) is 16.6 Å². The molecule has 0 aromatic rings. The first-order valence-electron chi connectivity index (χ1n) is 13.8. The Bertz CT molecular complexity index is 720. The number of primary amides is 1. The lowest BCUT2D eigenvalue weighted by atomic mass is 9.71. The van der Waals surface area contributed by atoms with E-state index >= 15 is 0 Å². The van der Waals surface area contributed by atoms with Crippen LogP contribution in [0.1, 0.15) is 128 Å². The Hall–Kier alpha value is -1.18. The summed E-state index contributed by atoms with van der Waals surface area (Å²) in [6.45, 7) is 24.4. The van der Waals surface area contributed by atoms with Crippen molar-refractivity contribution < 1.29 is 24.2 Å². The highest BCUT2D eigenvalue weighted by Crippen LogP contribution is 2.43. The molecule has 7 heteroatoms. The zero-order chi connectivity index (χ0) is 28.6. The highest BCUT2D eigenvalue weighted by atomic mass is 16.5. The minimum atomic E-state index is -0.865. The van der Waals surface area contributed by atoms with Gasteiger partial charge in [0, 0.05) is 24.2 Å². The second-order valence-corrected chi connectivity index (χ2v) is 13.1. The van der Waals surface area contributed by atoms with E-state index < -0.39 is 33.5 Å². The van der Waals surface area contributed by atoms with Gasteiger partial charge in [-0.05, 0) is 100 Å². The van der Waals surface area contributed by atoms with Gasteiger partial charge < -0.3 is 25.6 Å². The largest absolute Gasteiger partial charge is 0.396 e. The molecule has 0 aliphatic heterocycles. The zero-order valence-corrected chi connectivity index (χ0v) is 25.5. The fraction of sp³-hybridized carbons (Fsp3) is 0.931. The van der Waals surface area contributed by atoms with E-state index in [9.17, 15) is 9.59 Å². The summed E-state index contributed by atoms with van der Waals surface area (Å²) >= 11 is 0. The Kier molecular flexibility index (Phi) is 12.6. The molecule has 0 bridgehead atoms. The number of hydrogen-bond donors (Lipinski definition) is 3. The Morgan fingerprint density at radius 2 is 1.39 bits per heavy atom. The molecule has 2 amide bonds. The lowest BCUT2D eigenvalue weighted by Gasteiger charge is -2.48. The van der Waals surface area contributed by atoms with Crippen molar-refractivity contribution in [3.05, 3.63) is 0 Å².